The second kappa shape index (κ2) is 6.13. The predicted molar refractivity (Wildman–Crippen MR) is 77.3 cm³/mol. The summed E-state index contributed by atoms with van der Waals surface area (Å²) in [7, 11) is -3.51. The van der Waals surface area contributed by atoms with Crippen molar-refractivity contribution in [2.45, 2.75) is 24.9 Å². The monoisotopic (exact) mass is 291 g/mol. The van der Waals surface area contributed by atoms with Crippen molar-refractivity contribution in [3.63, 3.8) is 0 Å². The van der Waals surface area contributed by atoms with E-state index in [2.05, 4.69) is 9.71 Å². The molecule has 0 aliphatic heterocycles. The van der Waals surface area contributed by atoms with Crippen LogP contribution in [0.15, 0.2) is 47.5 Å². The van der Waals surface area contributed by atoms with Crippen molar-refractivity contribution in [2.75, 3.05) is 0 Å². The quantitative estimate of drug-likeness (QED) is 0.870. The molecule has 20 heavy (non-hydrogen) atoms. The number of benzene rings is 1. The van der Waals surface area contributed by atoms with Crippen LogP contribution in [0.3, 0.4) is 0 Å². The number of hydrogen-bond donors (Lipinski definition) is 2. The molecule has 2 rings (SSSR count). The molecule has 0 radical (unpaired) electrons. The molecule has 1 aromatic carbocycles. The van der Waals surface area contributed by atoms with Gasteiger partial charge in [-0.2, -0.15) is 0 Å². The van der Waals surface area contributed by atoms with Gasteiger partial charge in [0.15, 0.2) is 0 Å². The fourth-order valence-corrected chi connectivity index (χ4v) is 2.69. The number of sulfonamides is 1. The first-order valence-corrected chi connectivity index (χ1v) is 7.70. The van der Waals surface area contributed by atoms with E-state index in [0.717, 1.165) is 16.8 Å². The Balaban J connectivity index is 2.08. The number of hydrogen-bond acceptors (Lipinski definition) is 4. The Morgan fingerprint density at radius 2 is 1.75 bits per heavy atom. The van der Waals surface area contributed by atoms with Crippen LogP contribution in [0.1, 0.15) is 16.8 Å². The first-order valence-electron chi connectivity index (χ1n) is 6.21. The summed E-state index contributed by atoms with van der Waals surface area (Å²) >= 11 is 0. The highest BCUT2D eigenvalue weighted by molar-refractivity contribution is 7.89. The molecule has 5 nitrogen and oxygen atoms in total. The molecular formula is C14H17N3O2S. The molecular weight excluding hydrogens is 274 g/mol. The molecule has 0 aliphatic carbocycles. The van der Waals surface area contributed by atoms with E-state index in [9.17, 15) is 8.42 Å². The lowest BCUT2D eigenvalue weighted by atomic mass is 10.2. The van der Waals surface area contributed by atoms with Crippen molar-refractivity contribution in [1.82, 2.24) is 9.71 Å². The van der Waals surface area contributed by atoms with Crippen LogP contribution in [0, 0.1) is 6.92 Å². The Morgan fingerprint density at radius 3 is 2.30 bits per heavy atom. The molecule has 0 saturated heterocycles. The molecule has 0 fully saturated rings. The molecule has 0 atom stereocenters. The second-order valence-corrected chi connectivity index (χ2v) is 6.25. The lowest BCUT2D eigenvalue weighted by Crippen LogP contribution is -2.23. The number of nitrogens with one attached hydrogen (secondary N) is 1. The molecule has 0 spiro atoms. The summed E-state index contributed by atoms with van der Waals surface area (Å²) in [6, 6.07) is 10.2. The summed E-state index contributed by atoms with van der Waals surface area (Å²) in [6.45, 7) is 2.49. The van der Waals surface area contributed by atoms with Gasteiger partial charge in [-0.25, -0.2) is 13.1 Å². The topological polar surface area (TPSA) is 85.1 Å². The Hall–Kier alpha value is -1.76. The van der Waals surface area contributed by atoms with E-state index < -0.39 is 10.0 Å². The number of aryl methyl sites for hydroxylation is 1. The molecule has 6 heteroatoms. The van der Waals surface area contributed by atoms with Crippen LogP contribution in [-0.4, -0.2) is 13.4 Å². The molecule has 1 heterocycles. The van der Waals surface area contributed by atoms with Crippen LogP contribution in [0.2, 0.25) is 0 Å². The summed E-state index contributed by atoms with van der Waals surface area (Å²) in [5.74, 6) is 0. The van der Waals surface area contributed by atoms with Crippen LogP contribution in [0.25, 0.3) is 0 Å². The van der Waals surface area contributed by atoms with Crippen LogP contribution >= 0.6 is 0 Å². The summed E-state index contributed by atoms with van der Waals surface area (Å²) in [4.78, 5) is 4.36. The summed E-state index contributed by atoms with van der Waals surface area (Å²) < 4.78 is 26.8. The van der Waals surface area contributed by atoms with Gasteiger partial charge in [0.1, 0.15) is 0 Å². The van der Waals surface area contributed by atoms with Gasteiger partial charge in [-0.3, -0.25) is 4.98 Å². The third-order valence-corrected chi connectivity index (χ3v) is 4.33. The molecule has 2 aromatic rings. The zero-order valence-corrected chi connectivity index (χ0v) is 12.0. The highest BCUT2D eigenvalue weighted by Crippen LogP contribution is 2.11. The number of rotatable bonds is 5. The van der Waals surface area contributed by atoms with Crippen LogP contribution in [-0.2, 0) is 23.1 Å². The van der Waals surface area contributed by atoms with E-state index >= 15 is 0 Å². The van der Waals surface area contributed by atoms with Gasteiger partial charge < -0.3 is 5.73 Å². The maximum Gasteiger partial charge on any atom is 0.240 e. The SMILES string of the molecule is Cc1ccc(CNS(=O)(=O)c2ccc(CN)cc2)cn1. The summed E-state index contributed by atoms with van der Waals surface area (Å²) in [6.07, 6.45) is 1.66. The molecule has 0 saturated carbocycles. The number of nitrogens with two attached hydrogens (primary N) is 1. The van der Waals surface area contributed by atoms with Crippen LogP contribution < -0.4 is 10.5 Å². The van der Waals surface area contributed by atoms with Gasteiger partial charge in [0, 0.05) is 25.0 Å². The van der Waals surface area contributed by atoms with Crippen molar-refractivity contribution in [1.29, 1.82) is 0 Å². The first-order chi connectivity index (χ1) is 9.51. The van der Waals surface area contributed by atoms with Crippen molar-refractivity contribution >= 4 is 10.0 Å². The van der Waals surface area contributed by atoms with E-state index in [4.69, 9.17) is 5.73 Å². The third-order valence-electron chi connectivity index (χ3n) is 2.91. The van der Waals surface area contributed by atoms with E-state index in [1.54, 1.807) is 30.5 Å². The van der Waals surface area contributed by atoms with Crippen LogP contribution in [0.5, 0.6) is 0 Å². The average molecular weight is 291 g/mol. The molecule has 0 aliphatic rings. The highest BCUT2D eigenvalue weighted by atomic mass is 32.2. The first kappa shape index (κ1) is 14.6. The summed E-state index contributed by atoms with van der Waals surface area (Å²) in [5, 5.41) is 0. The highest BCUT2D eigenvalue weighted by Gasteiger charge is 2.13. The minimum absolute atomic E-state index is 0.217. The minimum atomic E-state index is -3.51. The average Bonchev–Trinajstić information content (AvgIpc) is 2.47. The van der Waals surface area contributed by atoms with E-state index in [0.29, 0.717) is 6.54 Å². The van der Waals surface area contributed by atoms with Gasteiger partial charge in [0.25, 0.3) is 0 Å². The van der Waals surface area contributed by atoms with Gasteiger partial charge >= 0.3 is 0 Å². The van der Waals surface area contributed by atoms with Gasteiger partial charge in [-0.05, 0) is 36.2 Å². The van der Waals surface area contributed by atoms with Crippen LogP contribution in [0.4, 0.5) is 0 Å². The largest absolute Gasteiger partial charge is 0.326 e. The normalized spacial score (nSPS) is 11.5. The molecule has 0 bridgehead atoms. The van der Waals surface area contributed by atoms with E-state index in [1.807, 2.05) is 19.1 Å². The second-order valence-electron chi connectivity index (χ2n) is 4.48. The molecule has 1 aromatic heterocycles. The van der Waals surface area contributed by atoms with Crippen molar-refractivity contribution in [2.24, 2.45) is 5.73 Å². The lowest BCUT2D eigenvalue weighted by Gasteiger charge is -2.07. The molecule has 106 valence electrons. The van der Waals surface area contributed by atoms with Crippen molar-refractivity contribution < 1.29 is 8.42 Å². The Labute approximate surface area is 118 Å². The Morgan fingerprint density at radius 1 is 1.10 bits per heavy atom. The number of aromatic nitrogens is 1. The zero-order valence-electron chi connectivity index (χ0n) is 11.2. The van der Waals surface area contributed by atoms with Gasteiger partial charge in [-0.15, -0.1) is 0 Å². The molecule has 3 N–H and O–H groups in total. The van der Waals surface area contributed by atoms with Crippen molar-refractivity contribution in [3.8, 4) is 0 Å². The lowest BCUT2D eigenvalue weighted by molar-refractivity contribution is 0.581. The minimum Gasteiger partial charge on any atom is -0.326 e. The molecule has 0 unspecified atom stereocenters. The third kappa shape index (κ3) is 3.63. The van der Waals surface area contributed by atoms with E-state index in [1.165, 1.54) is 0 Å². The number of nitrogens with zero attached hydrogens (tertiary/aromatic N) is 1. The zero-order chi connectivity index (χ0) is 14.6. The number of pyridine rings is 1. The smallest absolute Gasteiger partial charge is 0.240 e. The Bertz CT molecular complexity index is 665. The van der Waals surface area contributed by atoms with Gasteiger partial charge in [-0.1, -0.05) is 18.2 Å². The fourth-order valence-electron chi connectivity index (χ4n) is 1.67. The van der Waals surface area contributed by atoms with E-state index in [-0.39, 0.29) is 11.4 Å². The standard InChI is InChI=1S/C14H17N3O2S/c1-11-2-3-13(9-16-11)10-17-20(18,19)14-6-4-12(8-15)5-7-14/h2-7,9,17H,8,10,15H2,1H3. The predicted octanol–water partition coefficient (Wildman–Crippen LogP) is 1.33. The summed E-state index contributed by atoms with van der Waals surface area (Å²) in [5.41, 5.74) is 8.09. The maximum absolute atomic E-state index is 12.1. The van der Waals surface area contributed by atoms with Gasteiger partial charge in [0.05, 0.1) is 4.90 Å². The fraction of sp³-hybridized carbons (Fsp3) is 0.214. The maximum atomic E-state index is 12.1. The Kier molecular flexibility index (Phi) is 4.49. The van der Waals surface area contributed by atoms with Gasteiger partial charge in [0.2, 0.25) is 10.0 Å². The van der Waals surface area contributed by atoms with Crippen molar-refractivity contribution in [3.05, 3.63) is 59.4 Å². The molecule has 0 amide bonds.